The first kappa shape index (κ1) is 47.4. The quantitative estimate of drug-likeness (QED) is 0.0431. The maximum Gasteiger partial charge on any atom is 1.00 e. The zero-order chi connectivity index (χ0) is 30.5. The van der Waals surface area contributed by atoms with Gasteiger partial charge >= 0.3 is 71.1 Å². The topological polar surface area (TPSA) is 142 Å². The Morgan fingerprint density at radius 3 is 1.76 bits per heavy atom. The first-order valence-electron chi connectivity index (χ1n) is 12.2. The van der Waals surface area contributed by atoms with E-state index in [1.165, 1.54) is 26.2 Å². The van der Waals surface area contributed by atoms with E-state index < -0.39 is 39.1 Å². The molecule has 0 heterocycles. The predicted octanol–water partition coefficient (Wildman–Crippen LogP) is -1.36. The number of thiol groups is 1. The van der Waals surface area contributed by atoms with Crippen molar-refractivity contribution in [3.8, 4) is 71.5 Å². The number of hydrogen-bond acceptors (Lipinski definition) is 9. The van der Waals surface area contributed by atoms with E-state index in [9.17, 15) is 28.7 Å². The van der Waals surface area contributed by atoms with Gasteiger partial charge in [0.1, 0.15) is 6.61 Å². The average molecular weight is 655 g/mol. The van der Waals surface area contributed by atoms with Crippen LogP contribution in [0.1, 0.15) is 87.3 Å². The molecule has 0 aromatic rings. The number of phosphoric ester groups is 1. The monoisotopic (exact) mass is 654 g/mol. The van der Waals surface area contributed by atoms with Crippen molar-refractivity contribution in [2.75, 3.05) is 13.2 Å². The third-order valence-electron chi connectivity index (χ3n) is 4.09. The number of carbonyl (C=O) groups is 3. The van der Waals surface area contributed by atoms with Crippen LogP contribution in [0.15, 0.2) is 0 Å². The molecule has 0 saturated heterocycles. The maximum atomic E-state index is 12.0. The van der Waals surface area contributed by atoms with Crippen molar-refractivity contribution in [1.29, 1.82) is 0 Å². The van der Waals surface area contributed by atoms with E-state index >= 15 is 0 Å². The zero-order valence-electron chi connectivity index (χ0n) is 24.5. The summed E-state index contributed by atoms with van der Waals surface area (Å²) in [7, 11) is -5.31. The van der Waals surface area contributed by atoms with Crippen LogP contribution in [0.3, 0.4) is 0 Å². The van der Waals surface area contributed by atoms with Crippen LogP contribution in [-0.2, 0) is 32.9 Å². The number of hydrogen-bond donors (Lipinski definition) is 1. The molecule has 0 radical (unpaired) electrons. The molecule has 9 nitrogen and oxygen atoms in total. The van der Waals surface area contributed by atoms with Gasteiger partial charge in [0, 0.05) is 35.0 Å². The van der Waals surface area contributed by atoms with Crippen LogP contribution in [0.25, 0.3) is 0 Å². The molecule has 42 heavy (non-hydrogen) atoms. The second kappa shape index (κ2) is 33.9. The summed E-state index contributed by atoms with van der Waals surface area (Å²) in [6.07, 6.45) is 12.0. The van der Waals surface area contributed by atoms with Crippen LogP contribution < -0.4 is 68.9 Å². The number of ether oxygens (including phenoxy) is 2. The van der Waals surface area contributed by atoms with Crippen LogP contribution >= 0.6 is 20.5 Å². The SMILES string of the molecule is C#CC#CC#CC#CC#CC#CC(=O)OC[C@H](COP(=O)([O-])[O-])OC(=O)CCCCCCCCCC.CC(=O)S.[HH].[HH].[HH].[HH].[HH].[HH].[HH].[HH].[HH].[HH].[HH].[Na+].[Na+]. The number of unbranched alkanes of at least 4 members (excludes halogenated alkanes) is 7. The summed E-state index contributed by atoms with van der Waals surface area (Å²) >= 11 is 3.33. The summed E-state index contributed by atoms with van der Waals surface area (Å²) < 4.78 is 24.8. The van der Waals surface area contributed by atoms with E-state index in [1.54, 1.807) is 0 Å². The standard InChI is InChI=1S/C27H29O8P.C2H4OS.2Na.11H2/c1-3-5-7-9-11-13-14-16-17-19-21-26(28)33-23-25(24-34-36(30,31)32)35-27(29)22-20-18-15-12-10-8-6-4-2;1-2(3)4;;;;;;;;;;;;;/h1,25H,4,6,8,10,12,15,18,20,22-24H2,2H3,(H2,30,31,32);1H3,(H,3,4);;;11*1H/q;;2*+1;;;;;;;;;;;/p-2/t25-;;;;;;;;;;;;;;/m1............../s1. The third-order valence-corrected chi connectivity index (χ3v) is 4.55. The molecule has 1 atom stereocenters. The van der Waals surface area contributed by atoms with Gasteiger partial charge in [0.25, 0.3) is 0 Å². The molecule has 0 rings (SSSR count). The average Bonchev–Trinajstić information content (AvgIpc) is 2.87. The van der Waals surface area contributed by atoms with Crippen LogP contribution in [0.4, 0.5) is 0 Å². The van der Waals surface area contributed by atoms with Crippen LogP contribution in [-0.4, -0.2) is 36.4 Å². The Morgan fingerprint density at radius 2 is 1.29 bits per heavy atom. The number of carbonyl (C=O) groups excluding carboxylic acids is 3. The van der Waals surface area contributed by atoms with Crippen molar-refractivity contribution in [3.05, 3.63) is 0 Å². The molecule has 0 saturated carbocycles. The molecule has 0 aliphatic heterocycles. The molecule has 0 amide bonds. The summed E-state index contributed by atoms with van der Waals surface area (Å²) in [6.45, 7) is 2.20. The fourth-order valence-electron chi connectivity index (χ4n) is 2.48. The maximum absolute atomic E-state index is 12.0. The van der Waals surface area contributed by atoms with Gasteiger partial charge in [-0.05, 0) is 65.6 Å². The van der Waals surface area contributed by atoms with E-state index in [0.29, 0.717) is 6.42 Å². The molecule has 0 aliphatic rings. The largest absolute Gasteiger partial charge is 1.00 e. The second-order valence-electron chi connectivity index (χ2n) is 7.59. The van der Waals surface area contributed by atoms with Gasteiger partial charge in [-0.3, -0.25) is 9.59 Å². The minimum Gasteiger partial charge on any atom is -0.790 e. The summed E-state index contributed by atoms with van der Waals surface area (Å²) in [4.78, 5) is 54.5. The Hall–Kier alpha value is -1.57. The Balaban J connectivity index is -0.0000000620. The minimum atomic E-state index is -5.31. The summed E-state index contributed by atoms with van der Waals surface area (Å²) in [6, 6.07) is 0. The Labute approximate surface area is 315 Å². The molecule has 0 aromatic carbocycles. The Bertz CT molecular complexity index is 1250. The molecule has 0 N–H and O–H groups in total. The van der Waals surface area contributed by atoms with E-state index in [4.69, 9.17) is 15.9 Å². The van der Waals surface area contributed by atoms with E-state index in [-0.39, 0.29) is 86.3 Å². The second-order valence-corrected chi connectivity index (χ2v) is 9.37. The molecular formula is C29H53Na2O9PS. The van der Waals surface area contributed by atoms with Crippen molar-refractivity contribution in [1.82, 2.24) is 0 Å². The summed E-state index contributed by atoms with van der Waals surface area (Å²) in [5.41, 5.74) is 0. The van der Waals surface area contributed by atoms with Crippen molar-refractivity contribution < 1.29 is 118 Å². The number of phosphoric acid groups is 1. The van der Waals surface area contributed by atoms with Crippen LogP contribution in [0.5, 0.6) is 0 Å². The van der Waals surface area contributed by atoms with Crippen molar-refractivity contribution in [2.24, 2.45) is 0 Å². The third kappa shape index (κ3) is 42.9. The Kier molecular flexibility index (Phi) is 38.3. The zero-order valence-corrected chi connectivity index (χ0v) is 30.3. The van der Waals surface area contributed by atoms with Gasteiger partial charge in [-0.1, -0.05) is 51.9 Å². The van der Waals surface area contributed by atoms with E-state index in [2.05, 4.69) is 89.2 Å². The molecule has 0 bridgehead atoms. The van der Waals surface area contributed by atoms with E-state index in [1.807, 2.05) is 0 Å². The first-order valence-corrected chi connectivity index (χ1v) is 14.1. The van der Waals surface area contributed by atoms with Gasteiger partial charge in [-0.15, -0.1) is 19.1 Å². The van der Waals surface area contributed by atoms with Gasteiger partial charge in [0.2, 0.25) is 0 Å². The number of esters is 2. The predicted molar refractivity (Wildman–Crippen MR) is 172 cm³/mol. The minimum absolute atomic E-state index is 0. The molecule has 236 valence electrons. The van der Waals surface area contributed by atoms with Crippen molar-refractivity contribution >= 4 is 37.5 Å². The van der Waals surface area contributed by atoms with Gasteiger partial charge in [-0.25, -0.2) is 4.79 Å². The van der Waals surface area contributed by atoms with Gasteiger partial charge in [0.15, 0.2) is 11.2 Å². The molecule has 0 unspecified atom stereocenters. The van der Waals surface area contributed by atoms with Crippen molar-refractivity contribution in [3.63, 3.8) is 0 Å². The van der Waals surface area contributed by atoms with Gasteiger partial charge in [-0.2, -0.15) is 0 Å². The Morgan fingerprint density at radius 1 is 0.833 bits per heavy atom. The van der Waals surface area contributed by atoms with Crippen molar-refractivity contribution in [2.45, 2.75) is 77.7 Å². The normalized spacial score (nSPS) is 9.14. The van der Waals surface area contributed by atoms with E-state index in [0.717, 1.165) is 25.7 Å². The fraction of sp³-hybridized carbons (Fsp3) is 0.483. The van der Waals surface area contributed by atoms with Crippen LogP contribution in [0, 0.1) is 71.5 Å². The smallest absolute Gasteiger partial charge is 0.790 e. The molecule has 0 aliphatic carbocycles. The fourth-order valence-corrected chi connectivity index (χ4v) is 2.83. The first-order chi connectivity index (χ1) is 19.0. The summed E-state index contributed by atoms with van der Waals surface area (Å²) in [5, 5.41) is -0.139. The number of rotatable bonds is 15. The van der Waals surface area contributed by atoms with Gasteiger partial charge in [0.05, 0.1) is 14.4 Å². The van der Waals surface area contributed by atoms with Gasteiger partial charge < -0.3 is 28.3 Å². The molecule has 0 fully saturated rings. The number of terminal acetylenes is 1. The molecular weight excluding hydrogens is 601 g/mol. The summed E-state index contributed by atoms with van der Waals surface area (Å²) in [5.74, 6) is 23.4. The van der Waals surface area contributed by atoms with Crippen LogP contribution in [0.2, 0.25) is 0 Å². The molecule has 0 spiro atoms. The molecule has 0 aromatic heterocycles. The molecule has 13 heteroatoms.